The van der Waals surface area contributed by atoms with E-state index in [4.69, 9.17) is 5.73 Å². The highest BCUT2D eigenvalue weighted by molar-refractivity contribution is 5.48. The van der Waals surface area contributed by atoms with Gasteiger partial charge in [0.05, 0.1) is 0 Å². The second-order valence-electron chi connectivity index (χ2n) is 5.07. The summed E-state index contributed by atoms with van der Waals surface area (Å²) in [6.45, 7) is 7.35. The van der Waals surface area contributed by atoms with Crippen molar-refractivity contribution in [2.24, 2.45) is 11.7 Å². The Balaban J connectivity index is 2.77. The third-order valence-electron chi connectivity index (χ3n) is 3.39. The van der Waals surface area contributed by atoms with E-state index in [1.165, 1.54) is 17.7 Å². The number of anilines is 1. The zero-order chi connectivity index (χ0) is 12.8. The fourth-order valence-electron chi connectivity index (χ4n) is 2.26. The lowest BCUT2D eigenvalue weighted by atomic mass is 10.0. The molecule has 0 fully saturated rings. The summed E-state index contributed by atoms with van der Waals surface area (Å²) in [6, 6.07) is 9.27. The molecule has 0 saturated heterocycles. The van der Waals surface area contributed by atoms with E-state index < -0.39 is 0 Å². The van der Waals surface area contributed by atoms with Gasteiger partial charge >= 0.3 is 0 Å². The highest BCUT2D eigenvalue weighted by Crippen LogP contribution is 2.19. The van der Waals surface area contributed by atoms with Crippen LogP contribution in [0.25, 0.3) is 0 Å². The van der Waals surface area contributed by atoms with E-state index in [0.29, 0.717) is 18.5 Å². The van der Waals surface area contributed by atoms with Crippen molar-refractivity contribution in [3.8, 4) is 0 Å². The Bertz CT molecular complexity index is 316. The fraction of sp³-hybridized carbons (Fsp3) is 0.600. The summed E-state index contributed by atoms with van der Waals surface area (Å²) < 4.78 is 0. The van der Waals surface area contributed by atoms with E-state index in [-0.39, 0.29) is 0 Å². The van der Waals surface area contributed by atoms with E-state index in [1.807, 2.05) is 0 Å². The standard InChI is InChI=1S/C15H26N2/c1-5-6-13-7-9-14(10-8-13)17(4)15(11-16)12(2)3/h7-10,12,15H,5-6,11,16H2,1-4H3. The lowest BCUT2D eigenvalue weighted by molar-refractivity contribution is 0.480. The van der Waals surface area contributed by atoms with E-state index in [9.17, 15) is 0 Å². The maximum Gasteiger partial charge on any atom is 0.0431 e. The molecule has 0 amide bonds. The molecule has 0 aromatic heterocycles. The van der Waals surface area contributed by atoms with Crippen molar-refractivity contribution in [1.29, 1.82) is 0 Å². The highest BCUT2D eigenvalue weighted by Gasteiger charge is 2.17. The van der Waals surface area contributed by atoms with Gasteiger partial charge in [-0.3, -0.25) is 0 Å². The van der Waals surface area contributed by atoms with Crippen molar-refractivity contribution >= 4 is 5.69 Å². The molecule has 0 aliphatic rings. The van der Waals surface area contributed by atoms with E-state index >= 15 is 0 Å². The Morgan fingerprint density at radius 3 is 2.18 bits per heavy atom. The molecule has 1 atom stereocenters. The molecule has 96 valence electrons. The normalized spacial score (nSPS) is 12.8. The van der Waals surface area contributed by atoms with Crippen LogP contribution in [0.2, 0.25) is 0 Å². The number of likely N-dealkylation sites (N-methyl/N-ethyl adjacent to an activating group) is 1. The molecule has 1 aromatic rings. The molecule has 2 heteroatoms. The van der Waals surface area contributed by atoms with Gasteiger partial charge < -0.3 is 10.6 Å². The van der Waals surface area contributed by atoms with Crippen LogP contribution in [0.3, 0.4) is 0 Å². The molecule has 2 nitrogen and oxygen atoms in total. The van der Waals surface area contributed by atoms with Crippen LogP contribution in [0.1, 0.15) is 32.8 Å². The first-order valence-electron chi connectivity index (χ1n) is 6.62. The number of rotatable bonds is 6. The molecule has 0 spiro atoms. The third-order valence-corrected chi connectivity index (χ3v) is 3.39. The van der Waals surface area contributed by atoms with Gasteiger partial charge in [0, 0.05) is 25.3 Å². The molecule has 0 saturated carbocycles. The molecule has 0 aliphatic heterocycles. The summed E-state index contributed by atoms with van der Waals surface area (Å²) in [6.07, 6.45) is 2.36. The number of hydrogen-bond acceptors (Lipinski definition) is 2. The smallest absolute Gasteiger partial charge is 0.0431 e. The predicted octanol–water partition coefficient (Wildman–Crippen LogP) is 3.06. The van der Waals surface area contributed by atoms with Gasteiger partial charge in [-0.1, -0.05) is 39.3 Å². The third kappa shape index (κ3) is 3.74. The molecular weight excluding hydrogens is 208 g/mol. The lowest BCUT2D eigenvalue weighted by Gasteiger charge is -2.32. The minimum Gasteiger partial charge on any atom is -0.370 e. The second-order valence-corrected chi connectivity index (χ2v) is 5.07. The van der Waals surface area contributed by atoms with Crippen LogP contribution in [0.5, 0.6) is 0 Å². The minimum absolute atomic E-state index is 0.409. The summed E-state index contributed by atoms with van der Waals surface area (Å²) in [5.41, 5.74) is 8.52. The molecule has 1 unspecified atom stereocenters. The highest BCUT2D eigenvalue weighted by atomic mass is 15.1. The average molecular weight is 234 g/mol. The van der Waals surface area contributed by atoms with E-state index in [1.54, 1.807) is 0 Å². The number of hydrogen-bond donors (Lipinski definition) is 1. The van der Waals surface area contributed by atoms with Gasteiger partial charge in [-0.2, -0.15) is 0 Å². The summed E-state index contributed by atoms with van der Waals surface area (Å²) in [4.78, 5) is 2.29. The number of nitrogens with two attached hydrogens (primary N) is 1. The van der Waals surface area contributed by atoms with Crippen LogP contribution >= 0.6 is 0 Å². The Hall–Kier alpha value is -1.02. The van der Waals surface area contributed by atoms with Gasteiger partial charge in [0.2, 0.25) is 0 Å². The van der Waals surface area contributed by atoms with Crippen LogP contribution in [-0.4, -0.2) is 19.6 Å². The SMILES string of the molecule is CCCc1ccc(N(C)C(CN)C(C)C)cc1. The van der Waals surface area contributed by atoms with Gasteiger partial charge in [-0.15, -0.1) is 0 Å². The quantitative estimate of drug-likeness (QED) is 0.819. The average Bonchev–Trinajstić information content (AvgIpc) is 2.30. The molecule has 17 heavy (non-hydrogen) atoms. The number of benzene rings is 1. The van der Waals surface area contributed by atoms with Crippen LogP contribution in [0, 0.1) is 5.92 Å². The van der Waals surface area contributed by atoms with Crippen LogP contribution in [0.4, 0.5) is 5.69 Å². The first-order chi connectivity index (χ1) is 8.10. The predicted molar refractivity (Wildman–Crippen MR) is 76.5 cm³/mol. The molecule has 0 heterocycles. The molecule has 1 aromatic carbocycles. The fourth-order valence-corrected chi connectivity index (χ4v) is 2.26. The number of aryl methyl sites for hydroxylation is 1. The van der Waals surface area contributed by atoms with Gasteiger partial charge in [0.15, 0.2) is 0 Å². The number of nitrogens with zero attached hydrogens (tertiary/aromatic N) is 1. The van der Waals surface area contributed by atoms with Crippen molar-refractivity contribution < 1.29 is 0 Å². The maximum absolute atomic E-state index is 5.85. The zero-order valence-corrected chi connectivity index (χ0v) is 11.6. The van der Waals surface area contributed by atoms with E-state index in [0.717, 1.165) is 6.42 Å². The zero-order valence-electron chi connectivity index (χ0n) is 11.6. The van der Waals surface area contributed by atoms with Crippen molar-refractivity contribution in [3.63, 3.8) is 0 Å². The first kappa shape index (κ1) is 14.0. The van der Waals surface area contributed by atoms with Gasteiger partial charge in [0.1, 0.15) is 0 Å². The van der Waals surface area contributed by atoms with Gasteiger partial charge in [-0.05, 0) is 30.0 Å². The maximum atomic E-state index is 5.85. The van der Waals surface area contributed by atoms with Crippen LogP contribution in [0.15, 0.2) is 24.3 Å². The Kier molecular flexibility index (Phi) is 5.49. The Morgan fingerprint density at radius 2 is 1.76 bits per heavy atom. The van der Waals surface area contributed by atoms with Gasteiger partial charge in [-0.25, -0.2) is 0 Å². The summed E-state index contributed by atoms with van der Waals surface area (Å²) in [5, 5.41) is 0. The minimum atomic E-state index is 0.409. The van der Waals surface area contributed by atoms with E-state index in [2.05, 4.69) is 57.0 Å². The summed E-state index contributed by atoms with van der Waals surface area (Å²) >= 11 is 0. The molecule has 0 aliphatic carbocycles. The summed E-state index contributed by atoms with van der Waals surface area (Å²) in [5.74, 6) is 0.570. The molecular formula is C15H26N2. The summed E-state index contributed by atoms with van der Waals surface area (Å²) in [7, 11) is 2.13. The molecule has 0 bridgehead atoms. The largest absolute Gasteiger partial charge is 0.370 e. The first-order valence-corrected chi connectivity index (χ1v) is 6.62. The molecule has 1 rings (SSSR count). The second kappa shape index (κ2) is 6.65. The molecule has 0 radical (unpaired) electrons. The topological polar surface area (TPSA) is 29.3 Å². The van der Waals surface area contributed by atoms with Crippen LogP contribution < -0.4 is 10.6 Å². The van der Waals surface area contributed by atoms with Crippen molar-refractivity contribution in [1.82, 2.24) is 0 Å². The molecule has 2 N–H and O–H groups in total. The van der Waals surface area contributed by atoms with Crippen molar-refractivity contribution in [2.75, 3.05) is 18.5 Å². The Morgan fingerprint density at radius 1 is 1.18 bits per heavy atom. The van der Waals surface area contributed by atoms with Crippen LogP contribution in [-0.2, 0) is 6.42 Å². The lowest BCUT2D eigenvalue weighted by Crippen LogP contribution is -2.41. The Labute approximate surface area is 106 Å². The van der Waals surface area contributed by atoms with Crippen molar-refractivity contribution in [2.45, 2.75) is 39.7 Å². The van der Waals surface area contributed by atoms with Crippen molar-refractivity contribution in [3.05, 3.63) is 29.8 Å². The monoisotopic (exact) mass is 234 g/mol. The van der Waals surface area contributed by atoms with Gasteiger partial charge in [0.25, 0.3) is 0 Å².